The third kappa shape index (κ3) is 2.63. The molecule has 4 nitrogen and oxygen atoms in total. The van der Waals surface area contributed by atoms with E-state index < -0.39 is 0 Å². The van der Waals surface area contributed by atoms with Gasteiger partial charge in [0.15, 0.2) is 0 Å². The van der Waals surface area contributed by atoms with Crippen LogP contribution in [0.2, 0.25) is 0 Å². The van der Waals surface area contributed by atoms with Crippen LogP contribution in [0.3, 0.4) is 0 Å². The third-order valence-corrected chi connectivity index (χ3v) is 4.25. The lowest BCUT2D eigenvalue weighted by molar-refractivity contribution is -0.131. The highest BCUT2D eigenvalue weighted by molar-refractivity contribution is 5.81. The number of carbonyl (C=O) groups is 1. The monoisotopic (exact) mass is 239 g/mol. The molecule has 0 aromatic heterocycles. The molecule has 0 saturated carbocycles. The minimum Gasteiger partial charge on any atom is -0.323 e. The van der Waals surface area contributed by atoms with Crippen LogP contribution in [-0.2, 0) is 4.79 Å². The topological polar surface area (TPSA) is 35.6 Å². The summed E-state index contributed by atoms with van der Waals surface area (Å²) in [7, 11) is 2.18. The maximum absolute atomic E-state index is 12.0. The summed E-state index contributed by atoms with van der Waals surface area (Å²) < 4.78 is 0. The van der Waals surface area contributed by atoms with Gasteiger partial charge in [-0.15, -0.1) is 0 Å². The van der Waals surface area contributed by atoms with Gasteiger partial charge in [-0.3, -0.25) is 10.1 Å². The average molecular weight is 239 g/mol. The molecule has 2 aliphatic rings. The standard InChI is InChI=1S/C13H25N3O/c1-4-5-12-14-9-13(17)16(12)11-6-7-15(3)10(2)8-11/h10-12,14H,4-9H2,1-3H3. The summed E-state index contributed by atoms with van der Waals surface area (Å²) in [6.45, 7) is 6.08. The van der Waals surface area contributed by atoms with E-state index in [-0.39, 0.29) is 6.17 Å². The Labute approximate surface area is 104 Å². The van der Waals surface area contributed by atoms with Crippen LogP contribution in [0.15, 0.2) is 0 Å². The summed E-state index contributed by atoms with van der Waals surface area (Å²) in [6.07, 6.45) is 4.72. The Bertz CT molecular complexity index is 282. The fourth-order valence-electron chi connectivity index (χ4n) is 3.06. The molecule has 1 amide bonds. The van der Waals surface area contributed by atoms with Crippen molar-refractivity contribution in [3.63, 3.8) is 0 Å². The number of nitrogens with zero attached hydrogens (tertiary/aromatic N) is 2. The number of nitrogens with one attached hydrogen (secondary N) is 1. The molecule has 0 radical (unpaired) electrons. The summed E-state index contributed by atoms with van der Waals surface area (Å²) >= 11 is 0. The molecule has 0 aromatic carbocycles. The highest BCUT2D eigenvalue weighted by Crippen LogP contribution is 2.25. The van der Waals surface area contributed by atoms with Crippen molar-refractivity contribution in [2.75, 3.05) is 20.1 Å². The second kappa shape index (κ2) is 5.36. The van der Waals surface area contributed by atoms with Crippen LogP contribution < -0.4 is 5.32 Å². The van der Waals surface area contributed by atoms with Gasteiger partial charge in [-0.05, 0) is 33.2 Å². The zero-order valence-electron chi connectivity index (χ0n) is 11.3. The van der Waals surface area contributed by atoms with Gasteiger partial charge >= 0.3 is 0 Å². The lowest BCUT2D eigenvalue weighted by Gasteiger charge is -2.41. The van der Waals surface area contributed by atoms with Crippen LogP contribution >= 0.6 is 0 Å². The Morgan fingerprint density at radius 3 is 2.88 bits per heavy atom. The molecule has 2 fully saturated rings. The summed E-state index contributed by atoms with van der Waals surface area (Å²) in [6, 6.07) is 1.03. The van der Waals surface area contributed by atoms with Crippen LogP contribution in [0, 0.1) is 0 Å². The quantitative estimate of drug-likeness (QED) is 0.799. The molecule has 2 heterocycles. The minimum atomic E-state index is 0.285. The SMILES string of the molecule is CCCC1NCC(=O)N1C1CCN(C)C(C)C1. The van der Waals surface area contributed by atoms with Crippen molar-refractivity contribution in [2.24, 2.45) is 0 Å². The first-order chi connectivity index (χ1) is 8.13. The van der Waals surface area contributed by atoms with E-state index in [1.165, 1.54) is 0 Å². The van der Waals surface area contributed by atoms with Gasteiger partial charge in [-0.2, -0.15) is 0 Å². The smallest absolute Gasteiger partial charge is 0.238 e. The zero-order chi connectivity index (χ0) is 12.4. The van der Waals surface area contributed by atoms with Crippen molar-refractivity contribution in [3.05, 3.63) is 0 Å². The second-order valence-electron chi connectivity index (χ2n) is 5.49. The maximum Gasteiger partial charge on any atom is 0.238 e. The van der Waals surface area contributed by atoms with Gasteiger partial charge in [0.2, 0.25) is 5.91 Å². The Kier molecular flexibility index (Phi) is 4.05. The van der Waals surface area contributed by atoms with E-state index >= 15 is 0 Å². The van der Waals surface area contributed by atoms with Crippen LogP contribution in [0.4, 0.5) is 0 Å². The molecule has 1 N–H and O–H groups in total. The largest absolute Gasteiger partial charge is 0.323 e. The number of hydrogen-bond acceptors (Lipinski definition) is 3. The molecule has 2 aliphatic heterocycles. The number of hydrogen-bond donors (Lipinski definition) is 1. The summed E-state index contributed by atoms with van der Waals surface area (Å²) in [5, 5.41) is 3.34. The highest BCUT2D eigenvalue weighted by Gasteiger charge is 2.37. The van der Waals surface area contributed by atoms with Gasteiger partial charge in [0.05, 0.1) is 12.7 Å². The lowest BCUT2D eigenvalue weighted by Crippen LogP contribution is -2.51. The maximum atomic E-state index is 12.0. The molecule has 17 heavy (non-hydrogen) atoms. The van der Waals surface area contributed by atoms with Crippen LogP contribution in [0.25, 0.3) is 0 Å². The van der Waals surface area contributed by atoms with Crippen molar-refractivity contribution in [2.45, 2.75) is 57.8 Å². The zero-order valence-corrected chi connectivity index (χ0v) is 11.3. The van der Waals surface area contributed by atoms with E-state index in [9.17, 15) is 4.79 Å². The van der Waals surface area contributed by atoms with Gasteiger partial charge in [-0.1, -0.05) is 13.3 Å². The Morgan fingerprint density at radius 2 is 2.24 bits per heavy atom. The number of amides is 1. The predicted molar refractivity (Wildman–Crippen MR) is 68.7 cm³/mol. The summed E-state index contributed by atoms with van der Waals surface area (Å²) in [4.78, 5) is 16.5. The Morgan fingerprint density at radius 1 is 1.47 bits per heavy atom. The van der Waals surface area contributed by atoms with Crippen molar-refractivity contribution in [1.82, 2.24) is 15.1 Å². The average Bonchev–Trinajstić information content (AvgIpc) is 2.65. The van der Waals surface area contributed by atoms with Gasteiger partial charge in [0.1, 0.15) is 0 Å². The van der Waals surface area contributed by atoms with Gasteiger partial charge < -0.3 is 9.80 Å². The molecule has 98 valence electrons. The van der Waals surface area contributed by atoms with Crippen molar-refractivity contribution >= 4 is 5.91 Å². The third-order valence-electron chi connectivity index (χ3n) is 4.25. The number of carbonyl (C=O) groups excluding carboxylic acids is 1. The fraction of sp³-hybridized carbons (Fsp3) is 0.923. The first-order valence-corrected chi connectivity index (χ1v) is 6.88. The first kappa shape index (κ1) is 12.8. The Hall–Kier alpha value is -0.610. The molecule has 0 bridgehead atoms. The first-order valence-electron chi connectivity index (χ1n) is 6.88. The van der Waals surface area contributed by atoms with Gasteiger partial charge in [-0.25, -0.2) is 0 Å². The number of rotatable bonds is 3. The van der Waals surface area contributed by atoms with E-state index in [4.69, 9.17) is 0 Å². The van der Waals surface area contributed by atoms with Crippen LogP contribution in [0.5, 0.6) is 0 Å². The second-order valence-corrected chi connectivity index (χ2v) is 5.49. The van der Waals surface area contributed by atoms with E-state index in [1.807, 2.05) is 0 Å². The molecule has 4 heteroatoms. The molecule has 3 atom stereocenters. The van der Waals surface area contributed by atoms with Crippen LogP contribution in [0.1, 0.15) is 39.5 Å². The molecule has 2 saturated heterocycles. The lowest BCUT2D eigenvalue weighted by atomic mass is 9.97. The molecular weight excluding hydrogens is 214 g/mol. The van der Waals surface area contributed by atoms with Gasteiger partial charge in [0.25, 0.3) is 0 Å². The summed E-state index contributed by atoms with van der Waals surface area (Å²) in [5.74, 6) is 0.296. The predicted octanol–water partition coefficient (Wildman–Crippen LogP) is 1.03. The normalized spacial score (nSPS) is 35.6. The van der Waals surface area contributed by atoms with Crippen LogP contribution in [-0.4, -0.2) is 54.1 Å². The van der Waals surface area contributed by atoms with Crippen molar-refractivity contribution in [3.8, 4) is 0 Å². The molecule has 0 aliphatic carbocycles. The summed E-state index contributed by atoms with van der Waals surface area (Å²) in [5.41, 5.74) is 0. The van der Waals surface area contributed by atoms with E-state index in [2.05, 4.69) is 36.0 Å². The molecule has 0 aromatic rings. The Balaban J connectivity index is 2.01. The van der Waals surface area contributed by atoms with Crippen molar-refractivity contribution < 1.29 is 4.79 Å². The van der Waals surface area contributed by atoms with E-state index in [0.717, 1.165) is 32.2 Å². The van der Waals surface area contributed by atoms with Gasteiger partial charge in [0, 0.05) is 18.6 Å². The molecule has 0 spiro atoms. The van der Waals surface area contributed by atoms with Crippen molar-refractivity contribution in [1.29, 1.82) is 0 Å². The number of piperidine rings is 1. The molecular formula is C13H25N3O. The molecule has 2 rings (SSSR count). The van der Waals surface area contributed by atoms with E-state index in [0.29, 0.717) is 24.5 Å². The highest BCUT2D eigenvalue weighted by atomic mass is 16.2. The molecule has 3 unspecified atom stereocenters. The fourth-order valence-corrected chi connectivity index (χ4v) is 3.06. The minimum absolute atomic E-state index is 0.285. The number of likely N-dealkylation sites (tertiary alicyclic amines) is 1. The van der Waals surface area contributed by atoms with E-state index in [1.54, 1.807) is 0 Å².